The average molecular weight is 290 g/mol. The Balaban J connectivity index is 1.66. The fourth-order valence-electron chi connectivity index (χ4n) is 7.63. The van der Waals surface area contributed by atoms with Gasteiger partial charge in [0.15, 0.2) is 0 Å². The SMILES string of the molecule is COC(=O)CC1(C)C(C)C2CC1C1C3CC(C(C)C3C)C21. The van der Waals surface area contributed by atoms with Gasteiger partial charge in [0.25, 0.3) is 0 Å². The number of methoxy groups -OCH3 is 1. The molecule has 0 aromatic rings. The molecule has 2 nitrogen and oxygen atoms in total. The standard InChI is InChI=1S/C19H30O2/c1-9-10(2)13-6-12(9)17-14-7-15(18(13)17)19(4,11(14)3)8-16(20)21-5/h9-15,17-18H,6-8H2,1-5H3. The smallest absolute Gasteiger partial charge is 0.306 e. The highest BCUT2D eigenvalue weighted by molar-refractivity contribution is 5.70. The fourth-order valence-corrected chi connectivity index (χ4v) is 7.63. The van der Waals surface area contributed by atoms with Crippen LogP contribution in [0.5, 0.6) is 0 Å². The number of ether oxygens (including phenoxy) is 1. The van der Waals surface area contributed by atoms with Crippen molar-refractivity contribution in [3.63, 3.8) is 0 Å². The molecule has 4 saturated carbocycles. The van der Waals surface area contributed by atoms with Gasteiger partial charge in [-0.05, 0) is 71.5 Å². The summed E-state index contributed by atoms with van der Waals surface area (Å²) < 4.78 is 5.01. The molecule has 0 aromatic carbocycles. The van der Waals surface area contributed by atoms with Crippen molar-refractivity contribution in [3.05, 3.63) is 0 Å². The second-order valence-corrected chi connectivity index (χ2v) is 8.99. The molecule has 4 fully saturated rings. The van der Waals surface area contributed by atoms with E-state index in [1.54, 1.807) is 0 Å². The summed E-state index contributed by atoms with van der Waals surface area (Å²) in [6.45, 7) is 9.79. The van der Waals surface area contributed by atoms with Crippen molar-refractivity contribution in [2.24, 2.45) is 58.7 Å². The summed E-state index contributed by atoms with van der Waals surface area (Å²) in [5, 5.41) is 0. The van der Waals surface area contributed by atoms with Crippen molar-refractivity contribution in [2.45, 2.75) is 47.0 Å². The predicted molar refractivity (Wildman–Crippen MR) is 82.4 cm³/mol. The van der Waals surface area contributed by atoms with Crippen LogP contribution in [-0.4, -0.2) is 13.1 Å². The van der Waals surface area contributed by atoms with Crippen LogP contribution in [0.1, 0.15) is 47.0 Å². The quantitative estimate of drug-likeness (QED) is 0.567. The second kappa shape index (κ2) is 4.26. The van der Waals surface area contributed by atoms with Crippen LogP contribution in [0.3, 0.4) is 0 Å². The van der Waals surface area contributed by atoms with Crippen LogP contribution >= 0.6 is 0 Å². The van der Waals surface area contributed by atoms with E-state index in [4.69, 9.17) is 4.74 Å². The van der Waals surface area contributed by atoms with Crippen LogP contribution in [0.4, 0.5) is 0 Å². The first-order valence-corrected chi connectivity index (χ1v) is 8.97. The maximum Gasteiger partial charge on any atom is 0.306 e. The number of fused-ring (bicyclic) bond motifs is 9. The van der Waals surface area contributed by atoms with E-state index in [0.29, 0.717) is 12.3 Å². The molecule has 10 atom stereocenters. The molecule has 0 radical (unpaired) electrons. The van der Waals surface area contributed by atoms with Crippen LogP contribution < -0.4 is 0 Å². The largest absolute Gasteiger partial charge is 0.469 e. The number of hydrogen-bond acceptors (Lipinski definition) is 2. The number of hydrogen-bond donors (Lipinski definition) is 0. The van der Waals surface area contributed by atoms with E-state index in [2.05, 4.69) is 27.7 Å². The third kappa shape index (κ3) is 1.52. The number of esters is 1. The Morgan fingerprint density at radius 3 is 2.29 bits per heavy atom. The summed E-state index contributed by atoms with van der Waals surface area (Å²) in [6, 6.07) is 0. The molecule has 4 bridgehead atoms. The van der Waals surface area contributed by atoms with Crippen molar-refractivity contribution in [2.75, 3.05) is 7.11 Å². The van der Waals surface area contributed by atoms with Gasteiger partial charge in [-0.15, -0.1) is 0 Å². The van der Waals surface area contributed by atoms with Crippen molar-refractivity contribution in [1.29, 1.82) is 0 Å². The monoisotopic (exact) mass is 290 g/mol. The molecule has 4 aliphatic rings. The van der Waals surface area contributed by atoms with Crippen molar-refractivity contribution < 1.29 is 9.53 Å². The minimum absolute atomic E-state index is 0.00183. The first-order valence-electron chi connectivity index (χ1n) is 8.97. The highest BCUT2D eigenvalue weighted by atomic mass is 16.5. The Morgan fingerprint density at radius 2 is 1.67 bits per heavy atom. The molecule has 0 N–H and O–H groups in total. The third-order valence-electron chi connectivity index (χ3n) is 8.93. The molecule has 0 amide bonds. The Morgan fingerprint density at radius 1 is 1.05 bits per heavy atom. The summed E-state index contributed by atoms with van der Waals surface area (Å²) in [4.78, 5) is 11.9. The van der Waals surface area contributed by atoms with Crippen LogP contribution in [0.15, 0.2) is 0 Å². The molecule has 0 saturated heterocycles. The maximum atomic E-state index is 11.9. The summed E-state index contributed by atoms with van der Waals surface area (Å²) in [5.41, 5.74) is 0.187. The van der Waals surface area contributed by atoms with E-state index in [1.165, 1.54) is 20.0 Å². The first kappa shape index (κ1) is 14.1. The van der Waals surface area contributed by atoms with Crippen LogP contribution in [0, 0.1) is 58.7 Å². The van der Waals surface area contributed by atoms with E-state index < -0.39 is 0 Å². The van der Waals surface area contributed by atoms with Crippen molar-refractivity contribution >= 4 is 5.97 Å². The first-order chi connectivity index (χ1) is 9.90. The highest BCUT2D eigenvalue weighted by Crippen LogP contribution is 2.75. The summed E-state index contributed by atoms with van der Waals surface area (Å²) >= 11 is 0. The molecule has 4 aliphatic carbocycles. The predicted octanol–water partition coefficient (Wildman–Crippen LogP) is 4.00. The molecular weight excluding hydrogens is 260 g/mol. The molecule has 0 aliphatic heterocycles. The van der Waals surface area contributed by atoms with Gasteiger partial charge in [0, 0.05) is 0 Å². The van der Waals surface area contributed by atoms with Gasteiger partial charge in [-0.2, -0.15) is 0 Å². The molecular formula is C19H30O2. The van der Waals surface area contributed by atoms with Gasteiger partial charge in [0.05, 0.1) is 13.5 Å². The van der Waals surface area contributed by atoms with E-state index in [0.717, 1.165) is 47.3 Å². The molecule has 10 unspecified atom stereocenters. The number of rotatable bonds is 2. The Labute approximate surface area is 129 Å². The third-order valence-corrected chi connectivity index (χ3v) is 8.93. The van der Waals surface area contributed by atoms with Crippen molar-refractivity contribution in [1.82, 2.24) is 0 Å². The van der Waals surface area contributed by atoms with E-state index in [1.807, 2.05) is 0 Å². The zero-order chi connectivity index (χ0) is 15.1. The summed E-state index contributed by atoms with van der Waals surface area (Å²) in [6.07, 6.45) is 3.50. The molecule has 2 heteroatoms. The van der Waals surface area contributed by atoms with Gasteiger partial charge in [0.2, 0.25) is 0 Å². The molecule has 21 heavy (non-hydrogen) atoms. The van der Waals surface area contributed by atoms with Crippen LogP contribution in [-0.2, 0) is 9.53 Å². The Hall–Kier alpha value is -0.530. The van der Waals surface area contributed by atoms with E-state index in [9.17, 15) is 4.79 Å². The van der Waals surface area contributed by atoms with Gasteiger partial charge in [-0.1, -0.05) is 27.7 Å². The Kier molecular flexibility index (Phi) is 2.86. The number of carbonyl (C=O) groups excluding carboxylic acids is 1. The average Bonchev–Trinajstić information content (AvgIpc) is 3.13. The van der Waals surface area contributed by atoms with E-state index in [-0.39, 0.29) is 11.4 Å². The maximum absolute atomic E-state index is 11.9. The van der Waals surface area contributed by atoms with Gasteiger partial charge in [-0.25, -0.2) is 0 Å². The molecule has 0 aromatic heterocycles. The summed E-state index contributed by atoms with van der Waals surface area (Å²) in [5.74, 6) is 7.96. The van der Waals surface area contributed by atoms with Gasteiger partial charge in [0.1, 0.15) is 0 Å². The zero-order valence-electron chi connectivity index (χ0n) is 14.1. The lowest BCUT2D eigenvalue weighted by atomic mass is 9.54. The van der Waals surface area contributed by atoms with Gasteiger partial charge < -0.3 is 4.74 Å². The van der Waals surface area contributed by atoms with Gasteiger partial charge >= 0.3 is 5.97 Å². The van der Waals surface area contributed by atoms with Crippen LogP contribution in [0.25, 0.3) is 0 Å². The normalized spacial score (nSPS) is 60.3. The van der Waals surface area contributed by atoms with E-state index >= 15 is 0 Å². The topological polar surface area (TPSA) is 26.3 Å². The second-order valence-electron chi connectivity index (χ2n) is 8.99. The fraction of sp³-hybridized carbons (Fsp3) is 0.947. The molecule has 0 heterocycles. The minimum Gasteiger partial charge on any atom is -0.469 e. The molecule has 4 rings (SSSR count). The number of carbonyl (C=O) groups is 1. The van der Waals surface area contributed by atoms with Crippen molar-refractivity contribution in [3.8, 4) is 0 Å². The lowest BCUT2D eigenvalue weighted by molar-refractivity contribution is -0.147. The Bertz CT molecular complexity index is 472. The highest BCUT2D eigenvalue weighted by Gasteiger charge is 2.70. The molecule has 0 spiro atoms. The lowest BCUT2D eigenvalue weighted by Gasteiger charge is -2.50. The van der Waals surface area contributed by atoms with Crippen LogP contribution in [0.2, 0.25) is 0 Å². The molecule has 118 valence electrons. The van der Waals surface area contributed by atoms with Gasteiger partial charge in [-0.3, -0.25) is 4.79 Å². The zero-order valence-corrected chi connectivity index (χ0v) is 14.1. The minimum atomic E-state index is -0.00183. The lowest BCUT2D eigenvalue weighted by Crippen LogP contribution is -2.47. The summed E-state index contributed by atoms with van der Waals surface area (Å²) in [7, 11) is 1.54.